The first-order valence-electron chi connectivity index (χ1n) is 6.93. The molecule has 0 saturated carbocycles. The van der Waals surface area contributed by atoms with Crippen molar-refractivity contribution in [3.05, 3.63) is 23.3 Å². The average molecular weight is 280 g/mol. The molecule has 112 valence electrons. The molecule has 1 unspecified atom stereocenters. The van der Waals surface area contributed by atoms with Crippen LogP contribution in [-0.2, 0) is 11.3 Å². The van der Waals surface area contributed by atoms with Crippen LogP contribution in [0.3, 0.4) is 0 Å². The molecule has 0 radical (unpaired) electrons. The lowest BCUT2D eigenvalue weighted by molar-refractivity contribution is 0.156. The van der Waals surface area contributed by atoms with E-state index in [9.17, 15) is 0 Å². The molecule has 1 aliphatic rings. The Labute approximate surface area is 120 Å². The van der Waals surface area contributed by atoms with Crippen molar-refractivity contribution >= 4 is 0 Å². The second-order valence-corrected chi connectivity index (χ2v) is 4.97. The fraction of sp³-hybridized carbons (Fsp3) is 0.600. The Balaban J connectivity index is 2.24. The Morgan fingerprint density at radius 1 is 1.25 bits per heavy atom. The predicted octanol–water partition coefficient (Wildman–Crippen LogP) is 1.56. The van der Waals surface area contributed by atoms with Crippen molar-refractivity contribution < 1.29 is 14.2 Å². The molecular weight excluding hydrogens is 256 g/mol. The summed E-state index contributed by atoms with van der Waals surface area (Å²) in [4.78, 5) is 2.38. The first kappa shape index (κ1) is 15.1. The van der Waals surface area contributed by atoms with Gasteiger partial charge in [0.25, 0.3) is 0 Å². The molecule has 0 saturated heterocycles. The average Bonchev–Trinajstić information content (AvgIpc) is 2.83. The van der Waals surface area contributed by atoms with Crippen molar-refractivity contribution in [2.45, 2.75) is 19.0 Å². The van der Waals surface area contributed by atoms with Gasteiger partial charge in [-0.2, -0.15) is 0 Å². The van der Waals surface area contributed by atoms with E-state index in [4.69, 9.17) is 19.9 Å². The number of hydrogen-bond acceptors (Lipinski definition) is 5. The lowest BCUT2D eigenvalue weighted by atomic mass is 10.0. The molecule has 1 aliphatic heterocycles. The second-order valence-electron chi connectivity index (χ2n) is 4.97. The Hall–Kier alpha value is -1.30. The van der Waals surface area contributed by atoms with Crippen LogP contribution >= 0.6 is 0 Å². The maximum Gasteiger partial charge on any atom is 0.127 e. The monoisotopic (exact) mass is 280 g/mol. The highest BCUT2D eigenvalue weighted by atomic mass is 16.5. The molecule has 1 atom stereocenters. The molecule has 5 nitrogen and oxygen atoms in total. The van der Waals surface area contributed by atoms with Gasteiger partial charge < -0.3 is 19.9 Å². The highest BCUT2D eigenvalue weighted by molar-refractivity contribution is 5.50. The number of ether oxygens (including phenoxy) is 3. The zero-order valence-electron chi connectivity index (χ0n) is 12.5. The van der Waals surface area contributed by atoms with Gasteiger partial charge in [0, 0.05) is 45.0 Å². The third-order valence-electron chi connectivity index (χ3n) is 3.82. The summed E-state index contributed by atoms with van der Waals surface area (Å²) in [6.45, 7) is 3.21. The Morgan fingerprint density at radius 3 is 2.65 bits per heavy atom. The summed E-state index contributed by atoms with van der Waals surface area (Å²) < 4.78 is 16.0. The lowest BCUT2D eigenvalue weighted by Gasteiger charge is -2.24. The number of fused-ring (bicyclic) bond motifs is 1. The smallest absolute Gasteiger partial charge is 0.127 e. The molecule has 2 rings (SSSR count). The summed E-state index contributed by atoms with van der Waals surface area (Å²) in [5.74, 6) is 1.69. The van der Waals surface area contributed by atoms with Crippen LogP contribution in [0.4, 0.5) is 0 Å². The van der Waals surface area contributed by atoms with E-state index in [1.807, 2.05) is 6.07 Å². The number of nitrogens with two attached hydrogens (primary N) is 1. The van der Waals surface area contributed by atoms with Crippen molar-refractivity contribution in [3.63, 3.8) is 0 Å². The largest absolute Gasteiger partial charge is 0.497 e. The molecular formula is C15H24N2O3. The van der Waals surface area contributed by atoms with Crippen LogP contribution in [0.1, 0.15) is 23.6 Å². The van der Waals surface area contributed by atoms with Gasteiger partial charge in [-0.05, 0) is 18.1 Å². The summed E-state index contributed by atoms with van der Waals surface area (Å²) in [7, 11) is 5.09. The summed E-state index contributed by atoms with van der Waals surface area (Å²) in [5, 5.41) is 0. The number of nitrogens with zero attached hydrogens (tertiary/aromatic N) is 1. The number of hydrogen-bond donors (Lipinski definition) is 1. The van der Waals surface area contributed by atoms with E-state index < -0.39 is 0 Å². The Morgan fingerprint density at radius 2 is 2.05 bits per heavy atom. The van der Waals surface area contributed by atoms with Gasteiger partial charge >= 0.3 is 0 Å². The number of benzene rings is 1. The third kappa shape index (κ3) is 2.90. The van der Waals surface area contributed by atoms with Gasteiger partial charge in [0.2, 0.25) is 0 Å². The summed E-state index contributed by atoms with van der Waals surface area (Å²) in [6.07, 6.45) is 1.00. The van der Waals surface area contributed by atoms with E-state index in [2.05, 4.69) is 11.0 Å². The van der Waals surface area contributed by atoms with Crippen LogP contribution in [-0.4, -0.2) is 45.9 Å². The number of rotatable bonds is 7. The molecule has 5 heteroatoms. The van der Waals surface area contributed by atoms with Crippen molar-refractivity contribution in [1.82, 2.24) is 4.90 Å². The van der Waals surface area contributed by atoms with E-state index in [0.29, 0.717) is 6.54 Å². The van der Waals surface area contributed by atoms with Crippen molar-refractivity contribution in [2.75, 3.05) is 41.0 Å². The second kappa shape index (κ2) is 6.92. The molecule has 20 heavy (non-hydrogen) atoms. The normalized spacial score (nSPS) is 18.1. The fourth-order valence-corrected chi connectivity index (χ4v) is 2.88. The maximum absolute atomic E-state index is 5.98. The summed E-state index contributed by atoms with van der Waals surface area (Å²) >= 11 is 0. The van der Waals surface area contributed by atoms with Crippen molar-refractivity contribution in [1.29, 1.82) is 0 Å². The van der Waals surface area contributed by atoms with Crippen LogP contribution in [0.25, 0.3) is 0 Å². The van der Waals surface area contributed by atoms with Crippen LogP contribution in [0.2, 0.25) is 0 Å². The lowest BCUT2D eigenvalue weighted by Crippen LogP contribution is -2.29. The molecule has 0 spiro atoms. The summed E-state index contributed by atoms with van der Waals surface area (Å²) in [5.41, 5.74) is 8.42. The SMILES string of the molecule is COCCCN1Cc2cc(OC)cc(OC)c2C1CN. The maximum atomic E-state index is 5.98. The molecule has 2 N–H and O–H groups in total. The zero-order chi connectivity index (χ0) is 14.5. The van der Waals surface area contributed by atoms with Gasteiger partial charge in [-0.1, -0.05) is 0 Å². The van der Waals surface area contributed by atoms with Gasteiger partial charge in [0.15, 0.2) is 0 Å². The molecule has 1 aromatic rings. The predicted molar refractivity (Wildman–Crippen MR) is 78.2 cm³/mol. The van der Waals surface area contributed by atoms with Gasteiger partial charge in [0.1, 0.15) is 11.5 Å². The molecule has 0 aliphatic carbocycles. The first-order valence-corrected chi connectivity index (χ1v) is 6.93. The van der Waals surface area contributed by atoms with E-state index in [1.165, 1.54) is 11.1 Å². The van der Waals surface area contributed by atoms with Crippen molar-refractivity contribution in [2.24, 2.45) is 5.73 Å². The van der Waals surface area contributed by atoms with Crippen LogP contribution < -0.4 is 15.2 Å². The first-order chi connectivity index (χ1) is 9.74. The van der Waals surface area contributed by atoms with Crippen LogP contribution in [0.5, 0.6) is 11.5 Å². The fourth-order valence-electron chi connectivity index (χ4n) is 2.88. The van der Waals surface area contributed by atoms with Gasteiger partial charge in [-0.25, -0.2) is 0 Å². The Kier molecular flexibility index (Phi) is 5.23. The topological polar surface area (TPSA) is 57.0 Å². The van der Waals surface area contributed by atoms with Gasteiger partial charge in [0.05, 0.1) is 20.3 Å². The molecule has 0 fully saturated rings. The standard InChI is InChI=1S/C15H24N2O3/c1-18-6-4-5-17-10-11-7-12(19-2)8-14(20-3)15(11)13(17)9-16/h7-8,13H,4-6,9-10,16H2,1-3H3. The van der Waals surface area contributed by atoms with Gasteiger partial charge in [-0.3, -0.25) is 4.90 Å². The summed E-state index contributed by atoms with van der Waals surface area (Å²) in [6, 6.07) is 4.22. The van der Waals surface area contributed by atoms with Gasteiger partial charge in [-0.15, -0.1) is 0 Å². The Bertz CT molecular complexity index is 451. The van der Waals surface area contributed by atoms with E-state index in [-0.39, 0.29) is 6.04 Å². The molecule has 1 aromatic carbocycles. The van der Waals surface area contributed by atoms with E-state index >= 15 is 0 Å². The molecule has 0 amide bonds. The van der Waals surface area contributed by atoms with Crippen molar-refractivity contribution in [3.8, 4) is 11.5 Å². The van der Waals surface area contributed by atoms with Crippen LogP contribution in [0, 0.1) is 0 Å². The molecule has 0 bridgehead atoms. The quantitative estimate of drug-likeness (QED) is 0.768. The van der Waals surface area contributed by atoms with E-state index in [0.717, 1.165) is 37.6 Å². The zero-order valence-corrected chi connectivity index (χ0v) is 12.5. The minimum atomic E-state index is 0.211. The van der Waals surface area contributed by atoms with E-state index in [1.54, 1.807) is 21.3 Å². The minimum Gasteiger partial charge on any atom is -0.497 e. The minimum absolute atomic E-state index is 0.211. The highest BCUT2D eigenvalue weighted by Crippen LogP contribution is 2.41. The van der Waals surface area contributed by atoms with Crippen LogP contribution in [0.15, 0.2) is 12.1 Å². The molecule has 0 aromatic heterocycles. The molecule has 1 heterocycles. The highest BCUT2D eigenvalue weighted by Gasteiger charge is 2.32. The number of methoxy groups -OCH3 is 3. The third-order valence-corrected chi connectivity index (χ3v) is 3.82.